The SMILES string of the molecule is CCc1ccc(C(C)(C)O)c(F)c1. The van der Waals surface area contributed by atoms with Gasteiger partial charge in [-0.15, -0.1) is 0 Å². The molecule has 1 N–H and O–H groups in total. The van der Waals surface area contributed by atoms with Crippen molar-refractivity contribution in [3.63, 3.8) is 0 Å². The van der Waals surface area contributed by atoms with Gasteiger partial charge in [0.15, 0.2) is 0 Å². The van der Waals surface area contributed by atoms with E-state index in [0.717, 1.165) is 12.0 Å². The van der Waals surface area contributed by atoms with E-state index in [9.17, 15) is 9.50 Å². The Kier molecular flexibility index (Phi) is 2.71. The van der Waals surface area contributed by atoms with Crippen molar-refractivity contribution in [1.29, 1.82) is 0 Å². The lowest BCUT2D eigenvalue weighted by Crippen LogP contribution is -2.17. The summed E-state index contributed by atoms with van der Waals surface area (Å²) < 4.78 is 13.4. The topological polar surface area (TPSA) is 20.2 Å². The van der Waals surface area contributed by atoms with Crippen LogP contribution < -0.4 is 0 Å². The van der Waals surface area contributed by atoms with Crippen LogP contribution in [0.5, 0.6) is 0 Å². The van der Waals surface area contributed by atoms with Crippen LogP contribution in [0.4, 0.5) is 4.39 Å². The first kappa shape index (κ1) is 10.2. The van der Waals surface area contributed by atoms with E-state index >= 15 is 0 Å². The molecule has 0 aromatic heterocycles. The summed E-state index contributed by atoms with van der Waals surface area (Å²) in [5.41, 5.74) is 0.200. The third-order valence-corrected chi connectivity index (χ3v) is 2.10. The summed E-state index contributed by atoms with van der Waals surface area (Å²) in [7, 11) is 0. The average Bonchev–Trinajstić information content (AvgIpc) is 2.01. The van der Waals surface area contributed by atoms with E-state index in [4.69, 9.17) is 0 Å². The van der Waals surface area contributed by atoms with Gasteiger partial charge in [0, 0.05) is 5.56 Å². The predicted molar refractivity (Wildman–Crippen MR) is 51.0 cm³/mol. The maximum Gasteiger partial charge on any atom is 0.129 e. The van der Waals surface area contributed by atoms with Crippen molar-refractivity contribution < 1.29 is 9.50 Å². The first-order chi connectivity index (χ1) is 5.95. The lowest BCUT2D eigenvalue weighted by atomic mass is 9.96. The molecule has 2 heteroatoms. The molecule has 0 bridgehead atoms. The molecule has 72 valence electrons. The highest BCUT2D eigenvalue weighted by atomic mass is 19.1. The zero-order chi connectivity index (χ0) is 10.1. The molecule has 13 heavy (non-hydrogen) atoms. The Labute approximate surface area is 78.2 Å². The molecule has 0 amide bonds. The number of hydrogen-bond donors (Lipinski definition) is 1. The highest BCUT2D eigenvalue weighted by Gasteiger charge is 2.19. The number of hydrogen-bond acceptors (Lipinski definition) is 1. The second-order valence-corrected chi connectivity index (χ2v) is 3.73. The van der Waals surface area contributed by atoms with Crippen LogP contribution in [0, 0.1) is 5.82 Å². The summed E-state index contributed by atoms with van der Waals surface area (Å²) in [5, 5.41) is 9.59. The fourth-order valence-corrected chi connectivity index (χ4v) is 1.27. The second kappa shape index (κ2) is 3.46. The molecule has 0 saturated carbocycles. The van der Waals surface area contributed by atoms with Gasteiger partial charge in [0.1, 0.15) is 5.82 Å². The number of aryl methyl sites for hydroxylation is 1. The van der Waals surface area contributed by atoms with Gasteiger partial charge in [-0.25, -0.2) is 4.39 Å². The van der Waals surface area contributed by atoms with Crippen molar-refractivity contribution in [3.8, 4) is 0 Å². The zero-order valence-corrected chi connectivity index (χ0v) is 8.26. The van der Waals surface area contributed by atoms with Crippen LogP contribution in [0.15, 0.2) is 18.2 Å². The molecule has 0 radical (unpaired) electrons. The summed E-state index contributed by atoms with van der Waals surface area (Å²) in [6.45, 7) is 5.13. The summed E-state index contributed by atoms with van der Waals surface area (Å²) in [6, 6.07) is 4.97. The van der Waals surface area contributed by atoms with Gasteiger partial charge < -0.3 is 5.11 Å². The maximum absolute atomic E-state index is 13.4. The summed E-state index contributed by atoms with van der Waals surface area (Å²) >= 11 is 0. The van der Waals surface area contributed by atoms with Crippen molar-refractivity contribution in [2.45, 2.75) is 32.8 Å². The lowest BCUT2D eigenvalue weighted by molar-refractivity contribution is 0.0745. The van der Waals surface area contributed by atoms with Crippen molar-refractivity contribution in [2.75, 3.05) is 0 Å². The molecule has 0 unspecified atom stereocenters. The smallest absolute Gasteiger partial charge is 0.129 e. The lowest BCUT2D eigenvalue weighted by Gasteiger charge is -2.18. The maximum atomic E-state index is 13.4. The highest BCUT2D eigenvalue weighted by molar-refractivity contribution is 5.28. The van der Waals surface area contributed by atoms with E-state index < -0.39 is 5.60 Å². The zero-order valence-electron chi connectivity index (χ0n) is 8.26. The van der Waals surface area contributed by atoms with E-state index in [0.29, 0.717) is 5.56 Å². The number of benzene rings is 1. The van der Waals surface area contributed by atoms with E-state index in [1.165, 1.54) is 6.07 Å². The van der Waals surface area contributed by atoms with Crippen molar-refractivity contribution in [2.24, 2.45) is 0 Å². The summed E-state index contributed by atoms with van der Waals surface area (Å²) in [6.07, 6.45) is 0.809. The Bertz CT molecular complexity index is 299. The largest absolute Gasteiger partial charge is 0.386 e. The van der Waals surface area contributed by atoms with Gasteiger partial charge in [-0.05, 0) is 31.9 Å². The fraction of sp³-hybridized carbons (Fsp3) is 0.455. The number of rotatable bonds is 2. The van der Waals surface area contributed by atoms with Crippen LogP contribution >= 0.6 is 0 Å². The Hall–Kier alpha value is -0.890. The van der Waals surface area contributed by atoms with E-state index in [-0.39, 0.29) is 5.82 Å². The normalized spacial score (nSPS) is 11.8. The minimum absolute atomic E-state index is 0.327. The van der Waals surface area contributed by atoms with Gasteiger partial charge in [0.25, 0.3) is 0 Å². The van der Waals surface area contributed by atoms with Crippen LogP contribution in [-0.2, 0) is 12.0 Å². The van der Waals surface area contributed by atoms with Crippen LogP contribution in [0.1, 0.15) is 31.9 Å². The Morgan fingerprint density at radius 2 is 2.00 bits per heavy atom. The molecule has 0 atom stereocenters. The Morgan fingerprint density at radius 3 is 2.38 bits per heavy atom. The van der Waals surface area contributed by atoms with Crippen molar-refractivity contribution in [3.05, 3.63) is 35.1 Å². The van der Waals surface area contributed by atoms with Gasteiger partial charge in [-0.3, -0.25) is 0 Å². The standard InChI is InChI=1S/C11H15FO/c1-4-8-5-6-9(10(12)7-8)11(2,3)13/h5-7,13H,4H2,1-3H3. The van der Waals surface area contributed by atoms with Gasteiger partial charge >= 0.3 is 0 Å². The van der Waals surface area contributed by atoms with Crippen LogP contribution in [-0.4, -0.2) is 5.11 Å². The van der Waals surface area contributed by atoms with Gasteiger partial charge in [0.05, 0.1) is 5.60 Å². The molecule has 0 spiro atoms. The molecular weight excluding hydrogens is 167 g/mol. The molecule has 1 nitrogen and oxygen atoms in total. The molecule has 0 aliphatic heterocycles. The number of halogens is 1. The molecule has 0 saturated heterocycles. The van der Waals surface area contributed by atoms with E-state index in [2.05, 4.69) is 0 Å². The predicted octanol–water partition coefficient (Wildman–Crippen LogP) is 2.62. The van der Waals surface area contributed by atoms with Crippen molar-refractivity contribution >= 4 is 0 Å². The molecule has 1 aromatic carbocycles. The molecule has 0 fully saturated rings. The van der Waals surface area contributed by atoms with Crippen LogP contribution in [0.25, 0.3) is 0 Å². The van der Waals surface area contributed by atoms with E-state index in [1.54, 1.807) is 19.9 Å². The van der Waals surface area contributed by atoms with Crippen LogP contribution in [0.3, 0.4) is 0 Å². The molecule has 1 aromatic rings. The first-order valence-electron chi connectivity index (χ1n) is 4.46. The Balaban J connectivity index is 3.13. The third kappa shape index (κ3) is 2.28. The minimum atomic E-state index is -1.10. The van der Waals surface area contributed by atoms with Gasteiger partial charge in [-0.2, -0.15) is 0 Å². The molecule has 0 aliphatic rings. The Morgan fingerprint density at radius 1 is 1.38 bits per heavy atom. The molecule has 0 heterocycles. The van der Waals surface area contributed by atoms with Crippen LogP contribution in [0.2, 0.25) is 0 Å². The quantitative estimate of drug-likeness (QED) is 0.745. The average molecular weight is 182 g/mol. The van der Waals surface area contributed by atoms with Gasteiger partial charge in [-0.1, -0.05) is 19.1 Å². The highest BCUT2D eigenvalue weighted by Crippen LogP contribution is 2.23. The number of aliphatic hydroxyl groups is 1. The molecule has 1 rings (SSSR count). The van der Waals surface area contributed by atoms with Crippen molar-refractivity contribution in [1.82, 2.24) is 0 Å². The first-order valence-corrected chi connectivity index (χ1v) is 4.46. The van der Waals surface area contributed by atoms with E-state index in [1.807, 2.05) is 13.0 Å². The molecular formula is C11H15FO. The second-order valence-electron chi connectivity index (χ2n) is 3.73. The molecule has 0 aliphatic carbocycles. The fourth-order valence-electron chi connectivity index (χ4n) is 1.27. The third-order valence-electron chi connectivity index (χ3n) is 2.10. The summed E-state index contributed by atoms with van der Waals surface area (Å²) in [5.74, 6) is -0.327. The monoisotopic (exact) mass is 182 g/mol. The van der Waals surface area contributed by atoms with Gasteiger partial charge in [0.2, 0.25) is 0 Å². The minimum Gasteiger partial charge on any atom is -0.386 e. The summed E-state index contributed by atoms with van der Waals surface area (Å²) in [4.78, 5) is 0.